The molecule has 2 aromatic rings. The fourth-order valence-electron chi connectivity index (χ4n) is 2.98. The second-order valence-electron chi connectivity index (χ2n) is 6.07. The second kappa shape index (κ2) is 7.85. The van der Waals surface area contributed by atoms with Crippen LogP contribution in [0.5, 0.6) is 5.88 Å². The van der Waals surface area contributed by atoms with E-state index in [1.807, 2.05) is 23.1 Å². The van der Waals surface area contributed by atoms with E-state index in [0.29, 0.717) is 19.6 Å². The molecule has 0 radical (unpaired) electrons. The highest BCUT2D eigenvalue weighted by Gasteiger charge is 2.36. The van der Waals surface area contributed by atoms with Crippen LogP contribution in [0.25, 0.3) is 0 Å². The highest BCUT2D eigenvalue weighted by Crippen LogP contribution is 2.25. The molecular weight excluding hydrogens is 322 g/mol. The number of carbonyl (C=O) groups excluding carboxylic acids is 1. The molecule has 1 aliphatic rings. The number of piperidine rings is 1. The van der Waals surface area contributed by atoms with Crippen LogP contribution in [0.15, 0.2) is 48.8 Å². The molecule has 1 saturated heterocycles. The number of esters is 1. The fraction of sp³-hybridized carbons (Fsp3) is 0.333. The Balaban J connectivity index is 1.69. The van der Waals surface area contributed by atoms with Crippen LogP contribution in [0.2, 0.25) is 0 Å². The van der Waals surface area contributed by atoms with Gasteiger partial charge < -0.3 is 9.84 Å². The molecule has 1 aliphatic heterocycles. The molecule has 130 valence electrons. The number of carboxylic acids is 1. The SMILES string of the molecule is O=C(O)C1CC(C(=O)Oc2ccccn2)CN(Cc2ccccn2)C1. The van der Waals surface area contributed by atoms with Gasteiger partial charge in [-0.3, -0.25) is 19.5 Å². The van der Waals surface area contributed by atoms with E-state index in [4.69, 9.17) is 4.74 Å². The number of aromatic nitrogens is 2. The van der Waals surface area contributed by atoms with Crippen LogP contribution >= 0.6 is 0 Å². The molecule has 0 aromatic carbocycles. The van der Waals surface area contributed by atoms with Gasteiger partial charge in [-0.05, 0) is 24.6 Å². The first kappa shape index (κ1) is 17.0. The zero-order valence-electron chi connectivity index (χ0n) is 13.6. The van der Waals surface area contributed by atoms with E-state index in [1.54, 1.807) is 24.4 Å². The number of aliphatic carboxylic acids is 1. The summed E-state index contributed by atoms with van der Waals surface area (Å²) in [6.07, 6.45) is 3.50. The minimum absolute atomic E-state index is 0.223. The van der Waals surface area contributed by atoms with Gasteiger partial charge >= 0.3 is 11.9 Å². The summed E-state index contributed by atoms with van der Waals surface area (Å²) in [6, 6.07) is 10.6. The molecule has 0 amide bonds. The van der Waals surface area contributed by atoms with E-state index in [-0.39, 0.29) is 12.3 Å². The van der Waals surface area contributed by atoms with Crippen LogP contribution in [0, 0.1) is 11.8 Å². The van der Waals surface area contributed by atoms with Gasteiger partial charge in [-0.15, -0.1) is 0 Å². The molecule has 0 spiro atoms. The number of nitrogens with zero attached hydrogens (tertiary/aromatic N) is 3. The summed E-state index contributed by atoms with van der Waals surface area (Å²) >= 11 is 0. The standard InChI is InChI=1S/C18H19N3O4/c22-17(23)13-9-14(18(24)25-16-6-2-4-8-20-16)11-21(10-13)12-15-5-1-3-7-19-15/h1-8,13-14H,9-12H2,(H,22,23). The lowest BCUT2D eigenvalue weighted by molar-refractivity contribution is -0.148. The van der Waals surface area contributed by atoms with Gasteiger partial charge in [-0.25, -0.2) is 4.98 Å². The summed E-state index contributed by atoms with van der Waals surface area (Å²) in [6.45, 7) is 1.32. The molecule has 3 rings (SSSR count). The van der Waals surface area contributed by atoms with Gasteiger partial charge in [0.15, 0.2) is 0 Å². The number of hydrogen-bond donors (Lipinski definition) is 1. The first-order chi connectivity index (χ1) is 12.1. The number of hydrogen-bond acceptors (Lipinski definition) is 6. The van der Waals surface area contributed by atoms with Crippen molar-refractivity contribution in [3.05, 3.63) is 54.5 Å². The Morgan fingerprint density at radius 1 is 1.08 bits per heavy atom. The van der Waals surface area contributed by atoms with Crippen LogP contribution < -0.4 is 4.74 Å². The third kappa shape index (κ3) is 4.60. The summed E-state index contributed by atoms with van der Waals surface area (Å²) in [7, 11) is 0. The lowest BCUT2D eigenvalue weighted by Gasteiger charge is -2.34. The quantitative estimate of drug-likeness (QED) is 0.826. The number of carbonyl (C=O) groups is 2. The monoisotopic (exact) mass is 341 g/mol. The molecule has 1 N–H and O–H groups in total. The van der Waals surface area contributed by atoms with Crippen LogP contribution in [-0.2, 0) is 16.1 Å². The summed E-state index contributed by atoms with van der Waals surface area (Å²) in [5.41, 5.74) is 0.838. The Bertz CT molecular complexity index is 724. The van der Waals surface area contributed by atoms with E-state index in [2.05, 4.69) is 9.97 Å². The van der Waals surface area contributed by atoms with Crippen LogP contribution in [0.1, 0.15) is 12.1 Å². The Morgan fingerprint density at radius 2 is 1.80 bits per heavy atom. The number of carboxylic acid groups (broad SMARTS) is 1. The van der Waals surface area contributed by atoms with Gasteiger partial charge in [0.2, 0.25) is 5.88 Å². The third-order valence-corrected chi connectivity index (χ3v) is 4.16. The van der Waals surface area contributed by atoms with Crippen molar-refractivity contribution in [1.82, 2.24) is 14.9 Å². The highest BCUT2D eigenvalue weighted by molar-refractivity contribution is 5.77. The summed E-state index contributed by atoms with van der Waals surface area (Å²) in [4.78, 5) is 34.1. The third-order valence-electron chi connectivity index (χ3n) is 4.16. The van der Waals surface area contributed by atoms with Crippen LogP contribution in [0.3, 0.4) is 0 Å². The van der Waals surface area contributed by atoms with Gasteiger partial charge in [-0.2, -0.15) is 0 Å². The molecule has 0 bridgehead atoms. The van der Waals surface area contributed by atoms with Crippen LogP contribution in [-0.4, -0.2) is 45.0 Å². The Morgan fingerprint density at radius 3 is 2.44 bits per heavy atom. The predicted octanol–water partition coefficient (Wildman–Crippen LogP) is 1.60. The highest BCUT2D eigenvalue weighted by atomic mass is 16.5. The van der Waals surface area contributed by atoms with Crippen molar-refractivity contribution < 1.29 is 19.4 Å². The average Bonchev–Trinajstić information content (AvgIpc) is 2.63. The fourth-order valence-corrected chi connectivity index (χ4v) is 2.98. The van der Waals surface area contributed by atoms with Crippen LogP contribution in [0.4, 0.5) is 0 Å². The number of rotatable bonds is 5. The van der Waals surface area contributed by atoms with Crippen molar-refractivity contribution in [3.8, 4) is 5.88 Å². The first-order valence-corrected chi connectivity index (χ1v) is 8.09. The van der Waals surface area contributed by atoms with Crippen molar-refractivity contribution >= 4 is 11.9 Å². The van der Waals surface area contributed by atoms with E-state index in [0.717, 1.165) is 5.69 Å². The molecular formula is C18H19N3O4. The number of pyridine rings is 2. The van der Waals surface area contributed by atoms with Gasteiger partial charge in [0, 0.05) is 38.1 Å². The maximum absolute atomic E-state index is 12.4. The predicted molar refractivity (Wildman–Crippen MR) is 88.6 cm³/mol. The molecule has 25 heavy (non-hydrogen) atoms. The minimum atomic E-state index is -0.902. The number of likely N-dealkylation sites (tertiary alicyclic amines) is 1. The Kier molecular flexibility index (Phi) is 5.35. The largest absolute Gasteiger partial charge is 0.481 e. The van der Waals surface area contributed by atoms with Crippen molar-refractivity contribution in [2.75, 3.05) is 13.1 Å². The molecule has 0 aliphatic carbocycles. The van der Waals surface area contributed by atoms with Crippen molar-refractivity contribution in [2.24, 2.45) is 11.8 Å². The number of ether oxygens (including phenoxy) is 1. The first-order valence-electron chi connectivity index (χ1n) is 8.09. The Labute approximate surface area is 145 Å². The lowest BCUT2D eigenvalue weighted by atomic mass is 9.89. The zero-order chi connectivity index (χ0) is 17.6. The summed E-state index contributed by atoms with van der Waals surface area (Å²) < 4.78 is 5.30. The van der Waals surface area contributed by atoms with Gasteiger partial charge in [-0.1, -0.05) is 12.1 Å². The maximum atomic E-state index is 12.4. The summed E-state index contributed by atoms with van der Waals surface area (Å²) in [5.74, 6) is -2.25. The zero-order valence-corrected chi connectivity index (χ0v) is 13.6. The maximum Gasteiger partial charge on any atom is 0.316 e. The molecule has 7 nitrogen and oxygen atoms in total. The molecule has 2 aromatic heterocycles. The summed E-state index contributed by atoms with van der Waals surface area (Å²) in [5, 5.41) is 9.40. The molecule has 0 saturated carbocycles. The van der Waals surface area contributed by atoms with Gasteiger partial charge in [0.25, 0.3) is 0 Å². The van der Waals surface area contributed by atoms with Crippen molar-refractivity contribution in [2.45, 2.75) is 13.0 Å². The van der Waals surface area contributed by atoms with E-state index < -0.39 is 23.8 Å². The van der Waals surface area contributed by atoms with E-state index in [1.165, 1.54) is 6.20 Å². The van der Waals surface area contributed by atoms with Crippen molar-refractivity contribution in [3.63, 3.8) is 0 Å². The molecule has 1 fully saturated rings. The van der Waals surface area contributed by atoms with E-state index >= 15 is 0 Å². The Hall–Kier alpha value is -2.80. The molecule has 2 atom stereocenters. The molecule has 2 unspecified atom stereocenters. The van der Waals surface area contributed by atoms with Gasteiger partial charge in [0.05, 0.1) is 17.5 Å². The average molecular weight is 341 g/mol. The van der Waals surface area contributed by atoms with E-state index in [9.17, 15) is 14.7 Å². The smallest absolute Gasteiger partial charge is 0.316 e. The minimum Gasteiger partial charge on any atom is -0.481 e. The molecule has 3 heterocycles. The van der Waals surface area contributed by atoms with Gasteiger partial charge in [0.1, 0.15) is 0 Å². The molecule has 7 heteroatoms. The normalized spacial score (nSPS) is 20.8. The second-order valence-corrected chi connectivity index (χ2v) is 6.07. The van der Waals surface area contributed by atoms with Crippen molar-refractivity contribution in [1.29, 1.82) is 0 Å². The lowest BCUT2D eigenvalue weighted by Crippen LogP contribution is -2.46. The topological polar surface area (TPSA) is 92.6 Å².